The van der Waals surface area contributed by atoms with Gasteiger partial charge in [0.05, 0.1) is 0 Å². The second kappa shape index (κ2) is 3.94. The van der Waals surface area contributed by atoms with Gasteiger partial charge >= 0.3 is 0 Å². The van der Waals surface area contributed by atoms with E-state index in [2.05, 4.69) is 17.0 Å². The van der Waals surface area contributed by atoms with Crippen LogP contribution in [0.4, 0.5) is 0 Å². The van der Waals surface area contributed by atoms with E-state index in [1.807, 2.05) is 0 Å². The summed E-state index contributed by atoms with van der Waals surface area (Å²) in [4.78, 5) is 0. The molecule has 0 spiro atoms. The van der Waals surface area contributed by atoms with Crippen LogP contribution in [0.1, 0.15) is 0 Å². The van der Waals surface area contributed by atoms with Crippen molar-refractivity contribution in [2.75, 3.05) is 7.11 Å². The van der Waals surface area contributed by atoms with Gasteiger partial charge in [-0.15, -0.1) is 5.73 Å². The zero-order valence-electron chi connectivity index (χ0n) is 4.15. The summed E-state index contributed by atoms with van der Waals surface area (Å²) in [6.07, 6.45) is 1.53. The lowest BCUT2D eigenvalue weighted by Gasteiger charge is -1.94. The number of methoxy groups -OCH3 is 1. The van der Waals surface area contributed by atoms with E-state index >= 15 is 0 Å². The standard InChI is InChI=1S/C5H7ClO/c1-3-4-5(6)7-2/h4-5H,1H2,2H3. The third-order valence-corrected chi connectivity index (χ3v) is 0.778. The molecule has 1 nitrogen and oxygen atoms in total. The maximum Gasteiger partial charge on any atom is 0.156 e. The van der Waals surface area contributed by atoms with E-state index in [4.69, 9.17) is 11.6 Å². The summed E-state index contributed by atoms with van der Waals surface area (Å²) in [5.41, 5.74) is 2.11. The Morgan fingerprint density at radius 3 is 2.71 bits per heavy atom. The molecule has 1 unspecified atom stereocenters. The quantitative estimate of drug-likeness (QED) is 0.395. The Balaban J connectivity index is 3.35. The van der Waals surface area contributed by atoms with Crippen LogP contribution in [0.25, 0.3) is 0 Å². The summed E-state index contributed by atoms with van der Waals surface area (Å²) < 4.78 is 4.60. The third kappa shape index (κ3) is 3.60. The molecule has 0 bridgehead atoms. The van der Waals surface area contributed by atoms with E-state index in [0.717, 1.165) is 0 Å². The van der Waals surface area contributed by atoms with Gasteiger partial charge in [-0.05, 0) is 0 Å². The molecule has 0 aliphatic carbocycles. The molecule has 1 atom stereocenters. The molecule has 0 heterocycles. The normalized spacial score (nSPS) is 12.3. The van der Waals surface area contributed by atoms with Gasteiger partial charge in [0.15, 0.2) is 5.56 Å². The summed E-state index contributed by atoms with van der Waals surface area (Å²) in [6, 6.07) is 0. The highest BCUT2D eigenvalue weighted by Gasteiger charge is 1.88. The van der Waals surface area contributed by atoms with E-state index in [9.17, 15) is 0 Å². The highest BCUT2D eigenvalue weighted by atomic mass is 35.5. The van der Waals surface area contributed by atoms with Crippen molar-refractivity contribution in [1.82, 2.24) is 0 Å². The van der Waals surface area contributed by atoms with E-state index in [1.165, 1.54) is 13.2 Å². The fraction of sp³-hybridized carbons (Fsp3) is 0.400. The third-order valence-electron chi connectivity index (χ3n) is 0.474. The lowest BCUT2D eigenvalue weighted by atomic mass is 10.6. The number of hydrogen-bond donors (Lipinski definition) is 0. The maximum absolute atomic E-state index is 5.39. The molecule has 0 rings (SSSR count). The van der Waals surface area contributed by atoms with Gasteiger partial charge in [0.2, 0.25) is 0 Å². The molecular formula is C5H7ClO. The van der Waals surface area contributed by atoms with Gasteiger partial charge in [0.25, 0.3) is 0 Å². The van der Waals surface area contributed by atoms with E-state index in [-0.39, 0.29) is 5.56 Å². The molecule has 2 heteroatoms. The monoisotopic (exact) mass is 118 g/mol. The van der Waals surface area contributed by atoms with Crippen LogP contribution in [-0.4, -0.2) is 12.7 Å². The first kappa shape index (κ1) is 6.77. The molecule has 0 aliphatic rings. The van der Waals surface area contributed by atoms with Crippen LogP contribution in [0.2, 0.25) is 0 Å². The van der Waals surface area contributed by atoms with Crippen molar-refractivity contribution in [3.63, 3.8) is 0 Å². The van der Waals surface area contributed by atoms with Crippen molar-refractivity contribution in [3.8, 4) is 0 Å². The van der Waals surface area contributed by atoms with E-state index in [0.29, 0.717) is 0 Å². The van der Waals surface area contributed by atoms with Crippen LogP contribution < -0.4 is 0 Å². The Morgan fingerprint density at radius 1 is 2.00 bits per heavy atom. The molecular weight excluding hydrogens is 112 g/mol. The van der Waals surface area contributed by atoms with Crippen LogP contribution >= 0.6 is 11.6 Å². The van der Waals surface area contributed by atoms with Crippen molar-refractivity contribution in [3.05, 3.63) is 18.4 Å². The van der Waals surface area contributed by atoms with Gasteiger partial charge < -0.3 is 4.74 Å². The number of halogens is 1. The highest BCUT2D eigenvalue weighted by Crippen LogP contribution is 1.94. The van der Waals surface area contributed by atoms with Gasteiger partial charge in [-0.25, -0.2) is 0 Å². The average molecular weight is 119 g/mol. The van der Waals surface area contributed by atoms with Crippen molar-refractivity contribution >= 4 is 11.6 Å². The predicted octanol–water partition coefficient (Wildman–Crippen LogP) is 1.54. The predicted molar refractivity (Wildman–Crippen MR) is 30.4 cm³/mol. The molecule has 0 fully saturated rings. The Labute approximate surface area is 48.2 Å². The molecule has 0 radical (unpaired) electrons. The van der Waals surface area contributed by atoms with Gasteiger partial charge in [-0.1, -0.05) is 18.2 Å². The van der Waals surface area contributed by atoms with Gasteiger partial charge in [-0.2, -0.15) is 0 Å². The molecule has 40 valence electrons. The highest BCUT2D eigenvalue weighted by molar-refractivity contribution is 6.20. The van der Waals surface area contributed by atoms with Gasteiger partial charge in [-0.3, -0.25) is 0 Å². The first-order chi connectivity index (χ1) is 3.31. The van der Waals surface area contributed by atoms with Crippen LogP contribution in [0, 0.1) is 0 Å². The topological polar surface area (TPSA) is 9.23 Å². The van der Waals surface area contributed by atoms with Crippen LogP contribution in [0.5, 0.6) is 0 Å². The van der Waals surface area contributed by atoms with E-state index in [1.54, 1.807) is 0 Å². The summed E-state index contributed by atoms with van der Waals surface area (Å²) in [5, 5.41) is 0. The lowest BCUT2D eigenvalue weighted by Crippen LogP contribution is -1.92. The minimum Gasteiger partial charge on any atom is -0.361 e. The molecule has 0 aliphatic heterocycles. The Kier molecular flexibility index (Phi) is 3.81. The Morgan fingerprint density at radius 2 is 2.57 bits per heavy atom. The van der Waals surface area contributed by atoms with Gasteiger partial charge in [0, 0.05) is 13.2 Å². The first-order valence-electron chi connectivity index (χ1n) is 1.84. The summed E-state index contributed by atoms with van der Waals surface area (Å²) in [6.45, 7) is 3.30. The van der Waals surface area contributed by atoms with Crippen LogP contribution in [0.15, 0.2) is 18.4 Å². The van der Waals surface area contributed by atoms with Crippen molar-refractivity contribution < 1.29 is 4.74 Å². The maximum atomic E-state index is 5.39. The average Bonchev–Trinajstić information content (AvgIpc) is 1.68. The number of rotatable bonds is 2. The second-order valence-electron chi connectivity index (χ2n) is 0.958. The van der Waals surface area contributed by atoms with Crippen LogP contribution in [0.3, 0.4) is 0 Å². The molecule has 0 N–H and O–H groups in total. The fourth-order valence-electron chi connectivity index (χ4n) is 0.161. The van der Waals surface area contributed by atoms with Crippen molar-refractivity contribution in [1.29, 1.82) is 0 Å². The molecule has 0 aromatic rings. The van der Waals surface area contributed by atoms with Crippen LogP contribution in [-0.2, 0) is 4.74 Å². The molecule has 0 saturated heterocycles. The lowest BCUT2D eigenvalue weighted by molar-refractivity contribution is 0.202. The molecule has 0 amide bonds. The first-order valence-corrected chi connectivity index (χ1v) is 2.27. The van der Waals surface area contributed by atoms with E-state index < -0.39 is 0 Å². The fourth-order valence-corrected chi connectivity index (χ4v) is 0.250. The number of alkyl halides is 1. The smallest absolute Gasteiger partial charge is 0.156 e. The zero-order chi connectivity index (χ0) is 5.70. The Hall–Kier alpha value is -0.230. The molecule has 7 heavy (non-hydrogen) atoms. The minimum atomic E-state index is -0.377. The second-order valence-corrected chi connectivity index (χ2v) is 1.39. The van der Waals surface area contributed by atoms with Crippen molar-refractivity contribution in [2.24, 2.45) is 0 Å². The molecule has 0 saturated carbocycles. The summed E-state index contributed by atoms with van der Waals surface area (Å²) >= 11 is 5.39. The summed E-state index contributed by atoms with van der Waals surface area (Å²) in [5.74, 6) is 0. The largest absolute Gasteiger partial charge is 0.361 e. The summed E-state index contributed by atoms with van der Waals surface area (Å²) in [7, 11) is 1.52. The van der Waals surface area contributed by atoms with Crippen molar-refractivity contribution in [2.45, 2.75) is 5.56 Å². The number of ether oxygens (including phenoxy) is 1. The minimum absolute atomic E-state index is 0.377. The zero-order valence-corrected chi connectivity index (χ0v) is 4.90. The number of hydrogen-bond acceptors (Lipinski definition) is 1. The van der Waals surface area contributed by atoms with Gasteiger partial charge in [0.1, 0.15) is 0 Å². The Bertz CT molecular complexity index is 84.1. The SMILES string of the molecule is C=C=CC(Cl)OC. The molecule has 0 aromatic heterocycles. The molecule has 0 aromatic carbocycles.